The molecule has 0 amide bonds. The van der Waals surface area contributed by atoms with E-state index in [-0.39, 0.29) is 30.3 Å². The van der Waals surface area contributed by atoms with Crippen LogP contribution in [0.1, 0.15) is 50.5 Å². The molecule has 3 aliphatic carbocycles. The second kappa shape index (κ2) is 8.44. The molecule has 2 aromatic rings. The summed E-state index contributed by atoms with van der Waals surface area (Å²) in [4.78, 5) is 6.21. The lowest BCUT2D eigenvalue weighted by Gasteiger charge is -2.56. The first kappa shape index (κ1) is 25.5. The number of aliphatic hydroxyl groups excluding tert-OH is 5. The number of ether oxygens (including phenoxy) is 1. The lowest BCUT2D eigenvalue weighted by Crippen LogP contribution is -2.62. The summed E-state index contributed by atoms with van der Waals surface area (Å²) >= 11 is 0. The van der Waals surface area contributed by atoms with Crippen molar-refractivity contribution in [3.8, 4) is 0 Å². The average molecular weight is 547 g/mol. The third-order valence-electron chi connectivity index (χ3n) is 11.7. The molecule has 3 aliphatic heterocycles. The Kier molecular flexibility index (Phi) is 5.39. The van der Waals surface area contributed by atoms with Gasteiger partial charge in [-0.1, -0.05) is 31.2 Å². The van der Waals surface area contributed by atoms with Crippen LogP contribution < -0.4 is 0 Å². The van der Waals surface area contributed by atoms with Crippen LogP contribution in [0, 0.1) is 11.3 Å². The van der Waals surface area contributed by atoms with Crippen LogP contribution in [0.2, 0.25) is 0 Å². The molecule has 0 radical (unpaired) electrons. The van der Waals surface area contributed by atoms with E-state index in [0.29, 0.717) is 12.8 Å². The van der Waals surface area contributed by atoms with E-state index in [1.54, 1.807) is 6.20 Å². The van der Waals surface area contributed by atoms with Crippen molar-refractivity contribution in [1.82, 2.24) is 9.88 Å². The van der Waals surface area contributed by atoms with Gasteiger partial charge < -0.3 is 30.3 Å². The highest BCUT2D eigenvalue weighted by Crippen LogP contribution is 2.69. The van der Waals surface area contributed by atoms with E-state index in [2.05, 4.69) is 42.3 Å². The maximum absolute atomic E-state index is 11.6. The zero-order chi connectivity index (χ0) is 27.6. The Bertz CT molecular complexity index is 1430. The molecule has 2 saturated carbocycles. The Balaban J connectivity index is 1.17. The summed E-state index contributed by atoms with van der Waals surface area (Å²) in [6.45, 7) is 2.82. The van der Waals surface area contributed by atoms with Crippen molar-refractivity contribution in [3.05, 3.63) is 65.5 Å². The number of pyridine rings is 1. The first-order valence-corrected chi connectivity index (χ1v) is 14.8. The van der Waals surface area contributed by atoms with Crippen molar-refractivity contribution in [2.75, 3.05) is 13.1 Å². The predicted molar refractivity (Wildman–Crippen MR) is 147 cm³/mol. The molecule has 4 heterocycles. The zero-order valence-electron chi connectivity index (χ0n) is 22.7. The summed E-state index contributed by atoms with van der Waals surface area (Å²) in [6, 6.07) is 8.03. The molecule has 8 heteroatoms. The third-order valence-corrected chi connectivity index (χ3v) is 11.7. The smallest absolute Gasteiger partial charge is 0.105 e. The minimum absolute atomic E-state index is 0.0427. The Morgan fingerprint density at radius 1 is 0.975 bits per heavy atom. The quantitative estimate of drug-likeness (QED) is 0.386. The molecule has 1 unspecified atom stereocenters. The number of β-amino-alcohol motifs (C(OH)–C–C–N with tert-alkyl or cyclic N) is 2. The zero-order valence-corrected chi connectivity index (χ0v) is 22.7. The highest BCUT2D eigenvalue weighted by atomic mass is 16.5. The van der Waals surface area contributed by atoms with Crippen molar-refractivity contribution in [2.24, 2.45) is 11.3 Å². The van der Waals surface area contributed by atoms with E-state index in [9.17, 15) is 25.5 Å². The van der Waals surface area contributed by atoms with Gasteiger partial charge in [-0.05, 0) is 71.7 Å². The van der Waals surface area contributed by atoms with Crippen LogP contribution >= 0.6 is 0 Å². The molecule has 11 atom stereocenters. The van der Waals surface area contributed by atoms with Crippen LogP contribution in [0.5, 0.6) is 0 Å². The molecule has 2 saturated heterocycles. The van der Waals surface area contributed by atoms with Gasteiger partial charge in [0.15, 0.2) is 0 Å². The van der Waals surface area contributed by atoms with Crippen molar-refractivity contribution < 1.29 is 30.3 Å². The van der Waals surface area contributed by atoms with Crippen LogP contribution in [-0.4, -0.2) is 96.3 Å². The van der Waals surface area contributed by atoms with E-state index < -0.39 is 47.8 Å². The molecule has 8 rings (SSSR count). The van der Waals surface area contributed by atoms with Gasteiger partial charge in [0.05, 0.1) is 35.6 Å². The molecular weight excluding hydrogens is 508 g/mol. The van der Waals surface area contributed by atoms with Crippen molar-refractivity contribution in [2.45, 2.75) is 92.7 Å². The molecule has 212 valence electrons. The second-order valence-electron chi connectivity index (χ2n) is 13.6. The molecule has 8 nitrogen and oxygen atoms in total. The predicted octanol–water partition coefficient (Wildman–Crippen LogP) is 1.80. The fraction of sp³-hybridized carbons (Fsp3) is 0.594. The molecule has 1 aromatic carbocycles. The monoisotopic (exact) mass is 546 g/mol. The van der Waals surface area contributed by atoms with Gasteiger partial charge in [-0.15, -0.1) is 0 Å². The van der Waals surface area contributed by atoms with Crippen molar-refractivity contribution in [3.63, 3.8) is 0 Å². The van der Waals surface area contributed by atoms with Gasteiger partial charge in [0.1, 0.15) is 6.10 Å². The van der Waals surface area contributed by atoms with Crippen LogP contribution in [-0.2, 0) is 4.74 Å². The van der Waals surface area contributed by atoms with Gasteiger partial charge in [-0.3, -0.25) is 9.88 Å². The number of rotatable bonds is 2. The molecule has 4 fully saturated rings. The summed E-state index contributed by atoms with van der Waals surface area (Å²) in [7, 11) is 0. The molecule has 40 heavy (non-hydrogen) atoms. The number of nitrogens with zero attached hydrogens (tertiary/aromatic N) is 2. The number of hydrogen-bond acceptors (Lipinski definition) is 8. The average Bonchev–Trinajstić information content (AvgIpc) is 3.54. The van der Waals surface area contributed by atoms with Gasteiger partial charge in [-0.2, -0.15) is 0 Å². The van der Waals surface area contributed by atoms with E-state index in [1.807, 2.05) is 17.2 Å². The van der Waals surface area contributed by atoms with Gasteiger partial charge in [0.25, 0.3) is 0 Å². The fourth-order valence-electron chi connectivity index (χ4n) is 9.75. The maximum atomic E-state index is 11.6. The molecular formula is C32H38N2O6. The molecule has 6 aliphatic rings. The number of fused-ring (bicyclic) bond motifs is 2. The van der Waals surface area contributed by atoms with E-state index in [1.165, 1.54) is 0 Å². The third kappa shape index (κ3) is 3.24. The minimum atomic E-state index is -1.08. The Morgan fingerprint density at radius 2 is 1.77 bits per heavy atom. The van der Waals surface area contributed by atoms with Crippen LogP contribution in [0.15, 0.2) is 60.0 Å². The Labute approximate surface area is 233 Å². The fourth-order valence-corrected chi connectivity index (χ4v) is 9.75. The van der Waals surface area contributed by atoms with E-state index >= 15 is 0 Å². The largest absolute Gasteiger partial charge is 0.392 e. The Hall–Kier alpha value is -2.17. The summed E-state index contributed by atoms with van der Waals surface area (Å²) < 4.78 is 7.24. The lowest BCUT2D eigenvalue weighted by atomic mass is 9.58. The molecule has 1 aromatic heterocycles. The SMILES string of the molecule is C[C@]12CC=C3C=C4[C@@H](O)[C@H](O)[C@@H](N5C[C@H](O)[C@@H](O)C5)C[C@]45CCC3(O5)[C@@H]1C[C@@H](O)[C@@H]2c1ccc2ccncc2c1. The molecule has 2 bridgehead atoms. The number of likely N-dealkylation sites (tertiary alicyclic amines) is 1. The second-order valence-corrected chi connectivity index (χ2v) is 13.6. The summed E-state index contributed by atoms with van der Waals surface area (Å²) in [5, 5.41) is 56.8. The number of aromatic nitrogens is 1. The van der Waals surface area contributed by atoms with Gasteiger partial charge >= 0.3 is 0 Å². The van der Waals surface area contributed by atoms with Crippen molar-refractivity contribution in [1.29, 1.82) is 0 Å². The molecule has 2 spiro atoms. The lowest BCUT2D eigenvalue weighted by molar-refractivity contribution is -0.167. The highest BCUT2D eigenvalue weighted by molar-refractivity contribution is 5.82. The minimum Gasteiger partial charge on any atom is -0.392 e. The number of allylic oxidation sites excluding steroid dienone is 1. The molecule has 5 N–H and O–H groups in total. The van der Waals surface area contributed by atoms with E-state index in [0.717, 1.165) is 46.7 Å². The maximum Gasteiger partial charge on any atom is 0.105 e. The van der Waals surface area contributed by atoms with Gasteiger partial charge in [0.2, 0.25) is 0 Å². The number of hydrogen-bond donors (Lipinski definition) is 5. The van der Waals surface area contributed by atoms with Crippen LogP contribution in [0.25, 0.3) is 10.8 Å². The first-order chi connectivity index (χ1) is 19.2. The topological polar surface area (TPSA) is 127 Å². The highest BCUT2D eigenvalue weighted by Gasteiger charge is 2.69. The van der Waals surface area contributed by atoms with Crippen molar-refractivity contribution >= 4 is 10.8 Å². The first-order valence-electron chi connectivity index (χ1n) is 14.8. The van der Waals surface area contributed by atoms with Crippen LogP contribution in [0.4, 0.5) is 0 Å². The van der Waals surface area contributed by atoms with Gasteiger partial charge in [0, 0.05) is 48.7 Å². The number of aliphatic hydroxyl groups is 5. The van der Waals surface area contributed by atoms with Crippen LogP contribution in [0.3, 0.4) is 0 Å². The summed E-state index contributed by atoms with van der Waals surface area (Å²) in [5.41, 5.74) is 1.47. The normalized spacial score (nSPS) is 48.0. The number of benzene rings is 1. The van der Waals surface area contributed by atoms with Gasteiger partial charge in [-0.25, -0.2) is 0 Å². The summed E-state index contributed by atoms with van der Waals surface area (Å²) in [6.07, 6.45) is 7.15. The standard InChI is InChI=1S/C32H38N2O6/c1-30-6-4-20-11-21-28(38)29(39)22(34-15-24(36)25(37)16-34)13-31(21)7-8-32(20,40-31)26(30)12-23(35)27(30)18-3-2-17-5-9-33-14-19(17)10-18/h2-5,9-11,14,22-29,35-39H,6-8,12-13,15-16H2,1H3/t22-,23+,24-,25-,26+,27-,28+,29+,30-,31+,32?/m0/s1. The van der Waals surface area contributed by atoms with E-state index in [4.69, 9.17) is 4.74 Å². The Morgan fingerprint density at radius 3 is 2.58 bits per heavy atom. The summed E-state index contributed by atoms with van der Waals surface area (Å²) in [5.74, 6) is 0.0542.